The van der Waals surface area contributed by atoms with Gasteiger partial charge in [-0.3, -0.25) is 4.98 Å². The number of benzene rings is 2. The quantitative estimate of drug-likeness (QED) is 0.618. The van der Waals surface area contributed by atoms with E-state index in [9.17, 15) is 0 Å². The predicted octanol–water partition coefficient (Wildman–Crippen LogP) is 4.47. The molecule has 0 amide bonds. The number of ether oxygens (including phenoxy) is 2. The summed E-state index contributed by atoms with van der Waals surface area (Å²) in [5.41, 5.74) is 3.27. The summed E-state index contributed by atoms with van der Waals surface area (Å²) in [4.78, 5) is 4.47. The molecule has 0 aliphatic heterocycles. The van der Waals surface area contributed by atoms with Gasteiger partial charge in [-0.25, -0.2) is 0 Å². The number of rotatable bonds is 4. The van der Waals surface area contributed by atoms with Crippen molar-refractivity contribution >= 4 is 44.9 Å². The lowest BCUT2D eigenvalue weighted by molar-refractivity contribution is 0.356. The highest BCUT2D eigenvalue weighted by Gasteiger charge is 2.13. The third-order valence-electron chi connectivity index (χ3n) is 3.61. The van der Waals surface area contributed by atoms with Gasteiger partial charge < -0.3 is 14.8 Å². The lowest BCUT2D eigenvalue weighted by atomic mass is 10.1. The Bertz CT molecular complexity index is 934. The van der Waals surface area contributed by atoms with Gasteiger partial charge in [-0.05, 0) is 52.9 Å². The van der Waals surface area contributed by atoms with Crippen LogP contribution in [-0.2, 0) is 0 Å². The molecular formula is C18H14IN3O2. The maximum Gasteiger partial charge on any atom is 0.162 e. The van der Waals surface area contributed by atoms with Crippen molar-refractivity contribution in [1.82, 2.24) is 4.98 Å². The number of nitriles is 1. The largest absolute Gasteiger partial charge is 0.493 e. The normalized spacial score (nSPS) is 10.2. The fourth-order valence-corrected chi connectivity index (χ4v) is 2.96. The van der Waals surface area contributed by atoms with Crippen LogP contribution in [-0.4, -0.2) is 19.2 Å². The summed E-state index contributed by atoms with van der Waals surface area (Å²) in [5.74, 6) is 1.29. The van der Waals surface area contributed by atoms with Crippen molar-refractivity contribution < 1.29 is 9.47 Å². The molecule has 0 unspecified atom stereocenters. The number of hydrogen-bond acceptors (Lipinski definition) is 5. The van der Waals surface area contributed by atoms with Crippen molar-refractivity contribution in [2.45, 2.75) is 0 Å². The molecular weight excluding hydrogens is 417 g/mol. The van der Waals surface area contributed by atoms with Gasteiger partial charge in [0.25, 0.3) is 0 Å². The summed E-state index contributed by atoms with van der Waals surface area (Å²) in [6.45, 7) is 0. The molecule has 3 rings (SSSR count). The molecule has 24 heavy (non-hydrogen) atoms. The average molecular weight is 431 g/mol. The van der Waals surface area contributed by atoms with Crippen LogP contribution in [0.4, 0.5) is 11.4 Å². The minimum absolute atomic E-state index is 0.626. The van der Waals surface area contributed by atoms with E-state index in [4.69, 9.17) is 14.7 Å². The van der Waals surface area contributed by atoms with Crippen LogP contribution >= 0.6 is 22.6 Å². The predicted molar refractivity (Wildman–Crippen MR) is 102 cm³/mol. The molecule has 0 aliphatic carbocycles. The summed E-state index contributed by atoms with van der Waals surface area (Å²) in [5, 5.41) is 13.2. The van der Waals surface area contributed by atoms with Crippen LogP contribution < -0.4 is 14.8 Å². The second-order valence-electron chi connectivity index (χ2n) is 5.02. The molecule has 1 heterocycles. The van der Waals surface area contributed by atoms with Crippen LogP contribution in [0, 0.1) is 14.9 Å². The van der Waals surface area contributed by atoms with Crippen LogP contribution in [0.5, 0.6) is 11.5 Å². The van der Waals surface area contributed by atoms with E-state index < -0.39 is 0 Å². The molecule has 0 saturated heterocycles. The molecule has 3 aromatic rings. The zero-order chi connectivity index (χ0) is 17.1. The zero-order valence-electron chi connectivity index (χ0n) is 13.1. The molecule has 0 aliphatic rings. The Morgan fingerprint density at radius 2 is 1.75 bits per heavy atom. The molecule has 0 spiro atoms. The minimum Gasteiger partial charge on any atom is -0.493 e. The molecule has 120 valence electrons. The summed E-state index contributed by atoms with van der Waals surface area (Å²) in [6.07, 6.45) is 1.81. The third-order valence-corrected chi connectivity index (χ3v) is 4.43. The fraction of sp³-hybridized carbons (Fsp3) is 0.111. The van der Waals surface area contributed by atoms with Crippen molar-refractivity contribution in [3.05, 3.63) is 51.7 Å². The Morgan fingerprint density at radius 1 is 1.08 bits per heavy atom. The fourth-order valence-electron chi connectivity index (χ4n) is 2.39. The van der Waals surface area contributed by atoms with Crippen LogP contribution in [0.3, 0.4) is 0 Å². The number of methoxy groups -OCH3 is 2. The van der Waals surface area contributed by atoms with Gasteiger partial charge in [0.2, 0.25) is 0 Å². The number of anilines is 2. The molecule has 0 bridgehead atoms. The van der Waals surface area contributed by atoms with E-state index in [2.05, 4.69) is 39.0 Å². The molecule has 0 radical (unpaired) electrons. The number of hydrogen-bond donors (Lipinski definition) is 1. The summed E-state index contributed by atoms with van der Waals surface area (Å²) in [7, 11) is 3.21. The Balaban J connectivity index is 2.11. The number of halogens is 1. The number of pyridine rings is 1. The van der Waals surface area contributed by atoms with Gasteiger partial charge in [-0.1, -0.05) is 0 Å². The molecule has 5 nitrogen and oxygen atoms in total. The smallest absolute Gasteiger partial charge is 0.162 e. The van der Waals surface area contributed by atoms with Crippen LogP contribution in [0.2, 0.25) is 0 Å². The van der Waals surface area contributed by atoms with Crippen molar-refractivity contribution in [2.24, 2.45) is 0 Å². The van der Waals surface area contributed by atoms with Gasteiger partial charge in [0, 0.05) is 23.3 Å². The Labute approximate surface area is 153 Å². The molecule has 0 fully saturated rings. The Hall–Kier alpha value is -2.53. The second kappa shape index (κ2) is 6.93. The molecule has 2 aromatic carbocycles. The van der Waals surface area contributed by atoms with Gasteiger partial charge >= 0.3 is 0 Å². The number of nitrogens with zero attached hydrogens (tertiary/aromatic N) is 2. The molecule has 1 aromatic heterocycles. The monoisotopic (exact) mass is 431 g/mol. The first-order valence-corrected chi connectivity index (χ1v) is 8.21. The highest BCUT2D eigenvalue weighted by molar-refractivity contribution is 14.1. The second-order valence-corrected chi connectivity index (χ2v) is 6.18. The van der Waals surface area contributed by atoms with Crippen LogP contribution in [0.1, 0.15) is 5.56 Å². The maximum absolute atomic E-state index is 8.91. The Kier molecular flexibility index (Phi) is 4.71. The van der Waals surface area contributed by atoms with Gasteiger partial charge in [0.05, 0.1) is 40.6 Å². The van der Waals surface area contributed by atoms with E-state index in [0.717, 1.165) is 25.8 Å². The minimum atomic E-state index is 0.626. The number of nitrogens with one attached hydrogen (secondary N) is 1. The van der Waals surface area contributed by atoms with E-state index in [0.29, 0.717) is 17.1 Å². The van der Waals surface area contributed by atoms with Gasteiger partial charge in [0.1, 0.15) is 0 Å². The SMILES string of the molecule is COc1cc2ncc(I)c(Nc3ccc(C#N)cc3)c2cc1OC. The lowest BCUT2D eigenvalue weighted by Crippen LogP contribution is -1.98. The van der Waals surface area contributed by atoms with Gasteiger partial charge in [0.15, 0.2) is 11.5 Å². The van der Waals surface area contributed by atoms with E-state index in [1.807, 2.05) is 24.3 Å². The van der Waals surface area contributed by atoms with Crippen molar-refractivity contribution in [1.29, 1.82) is 5.26 Å². The van der Waals surface area contributed by atoms with E-state index in [1.54, 1.807) is 32.5 Å². The lowest BCUT2D eigenvalue weighted by Gasteiger charge is -2.14. The zero-order valence-corrected chi connectivity index (χ0v) is 15.3. The summed E-state index contributed by atoms with van der Waals surface area (Å²) in [6, 6.07) is 13.2. The summed E-state index contributed by atoms with van der Waals surface area (Å²) >= 11 is 2.24. The van der Waals surface area contributed by atoms with E-state index in [1.165, 1.54) is 0 Å². The van der Waals surface area contributed by atoms with Crippen molar-refractivity contribution in [3.8, 4) is 17.6 Å². The maximum atomic E-state index is 8.91. The third kappa shape index (κ3) is 3.08. The topological polar surface area (TPSA) is 67.2 Å². The standard InChI is InChI=1S/C18H14IN3O2/c1-23-16-7-13-15(8-17(16)24-2)21-10-14(19)18(13)22-12-5-3-11(9-20)4-6-12/h3-8,10H,1-2H3,(H,21,22). The van der Waals surface area contributed by atoms with Gasteiger partial charge in [-0.15, -0.1) is 0 Å². The highest BCUT2D eigenvalue weighted by Crippen LogP contribution is 2.37. The first-order chi connectivity index (χ1) is 11.7. The molecule has 6 heteroatoms. The molecule has 1 N–H and O–H groups in total. The molecule has 0 atom stereocenters. The molecule has 0 saturated carbocycles. The van der Waals surface area contributed by atoms with Crippen molar-refractivity contribution in [2.75, 3.05) is 19.5 Å². The average Bonchev–Trinajstić information content (AvgIpc) is 2.63. The number of aromatic nitrogens is 1. The van der Waals surface area contributed by atoms with Crippen LogP contribution in [0.25, 0.3) is 10.9 Å². The highest BCUT2D eigenvalue weighted by atomic mass is 127. The first-order valence-electron chi connectivity index (χ1n) is 7.13. The van der Waals surface area contributed by atoms with E-state index >= 15 is 0 Å². The van der Waals surface area contributed by atoms with Crippen LogP contribution in [0.15, 0.2) is 42.6 Å². The first kappa shape index (κ1) is 16.3. The number of fused-ring (bicyclic) bond motifs is 1. The summed E-state index contributed by atoms with van der Waals surface area (Å²) < 4.78 is 11.7. The van der Waals surface area contributed by atoms with Gasteiger partial charge in [-0.2, -0.15) is 5.26 Å². The van der Waals surface area contributed by atoms with E-state index in [-0.39, 0.29) is 0 Å². The Morgan fingerprint density at radius 3 is 2.38 bits per heavy atom. The van der Waals surface area contributed by atoms with Crippen molar-refractivity contribution in [3.63, 3.8) is 0 Å².